The van der Waals surface area contributed by atoms with E-state index in [-0.39, 0.29) is 12.0 Å². The quantitative estimate of drug-likeness (QED) is 0.387. The number of amides is 1. The zero-order valence-electron chi connectivity index (χ0n) is 19.2. The van der Waals surface area contributed by atoms with Crippen molar-refractivity contribution in [3.05, 3.63) is 23.4 Å². The second-order valence-electron chi connectivity index (χ2n) is 8.44. The molecule has 0 saturated heterocycles. The van der Waals surface area contributed by atoms with Crippen molar-refractivity contribution in [3.8, 4) is 0 Å². The number of pyridine rings is 1. The van der Waals surface area contributed by atoms with Gasteiger partial charge in [0.05, 0.1) is 12.7 Å². The fourth-order valence-electron chi connectivity index (χ4n) is 3.72. The lowest BCUT2D eigenvalue weighted by Crippen LogP contribution is -2.42. The lowest BCUT2D eigenvalue weighted by molar-refractivity contribution is -0.141. The molecule has 3 N–H and O–H groups in total. The molecular formula is C23H38N4O4. The molecule has 1 aromatic rings. The molecule has 0 saturated carbocycles. The number of hydrogen-bond acceptors (Lipinski definition) is 6. The van der Waals surface area contributed by atoms with Gasteiger partial charge >= 0.3 is 5.97 Å². The Balaban J connectivity index is 1.80. The summed E-state index contributed by atoms with van der Waals surface area (Å²) >= 11 is 0. The van der Waals surface area contributed by atoms with Crippen LogP contribution in [0.4, 0.5) is 5.82 Å². The first kappa shape index (κ1) is 25.1. The maximum Gasteiger partial charge on any atom is 0.326 e. The van der Waals surface area contributed by atoms with E-state index in [1.54, 1.807) is 0 Å². The molecule has 0 aliphatic carbocycles. The van der Waals surface area contributed by atoms with E-state index in [4.69, 9.17) is 9.72 Å². The van der Waals surface area contributed by atoms with E-state index in [1.165, 1.54) is 12.5 Å². The summed E-state index contributed by atoms with van der Waals surface area (Å²) in [5.74, 6) is -0.288. The predicted octanol–water partition coefficient (Wildman–Crippen LogP) is 2.47. The maximum absolute atomic E-state index is 11.4. The Morgan fingerprint density at radius 3 is 2.77 bits per heavy atom. The Hall–Kier alpha value is -2.19. The maximum atomic E-state index is 11.4. The van der Waals surface area contributed by atoms with Crippen LogP contribution in [0, 0.1) is 0 Å². The lowest BCUT2D eigenvalue weighted by atomic mass is 10.1. The summed E-state index contributed by atoms with van der Waals surface area (Å²) in [4.78, 5) is 29.6. The van der Waals surface area contributed by atoms with Crippen molar-refractivity contribution >= 4 is 17.7 Å². The van der Waals surface area contributed by atoms with Crippen molar-refractivity contribution in [2.45, 2.75) is 71.4 Å². The van der Waals surface area contributed by atoms with Crippen molar-refractivity contribution in [2.75, 3.05) is 38.1 Å². The number of carbonyl (C=O) groups is 2. The van der Waals surface area contributed by atoms with Gasteiger partial charge in [-0.05, 0) is 70.5 Å². The molecule has 1 aromatic heterocycles. The zero-order valence-corrected chi connectivity index (χ0v) is 19.2. The molecule has 1 atom stereocenters. The SMILES string of the molecule is CC(=O)NC(CCN(CCCCc1ccc2c(n1)NCCC2)CCOC(C)C)C(=O)O. The average Bonchev–Trinajstić information content (AvgIpc) is 2.72. The highest BCUT2D eigenvalue weighted by atomic mass is 16.5. The minimum atomic E-state index is -0.999. The van der Waals surface area contributed by atoms with Gasteiger partial charge in [0.25, 0.3) is 0 Å². The average molecular weight is 435 g/mol. The first-order valence-corrected chi connectivity index (χ1v) is 11.4. The molecule has 8 heteroatoms. The largest absolute Gasteiger partial charge is 0.480 e. The molecule has 1 aliphatic rings. The van der Waals surface area contributed by atoms with Crippen LogP contribution in [0.2, 0.25) is 0 Å². The van der Waals surface area contributed by atoms with Crippen molar-refractivity contribution in [1.29, 1.82) is 0 Å². The van der Waals surface area contributed by atoms with Crippen LogP contribution in [0.25, 0.3) is 0 Å². The van der Waals surface area contributed by atoms with Crippen LogP contribution < -0.4 is 10.6 Å². The Morgan fingerprint density at radius 2 is 2.06 bits per heavy atom. The standard InChI is InChI=1S/C23H38N4O4/c1-17(2)31-16-15-27(14-11-21(23(29)30)25-18(3)28)13-5-4-8-20-10-9-19-7-6-12-24-22(19)26-20/h9-10,17,21H,4-8,11-16H2,1-3H3,(H,24,26)(H,25,28)(H,29,30). The van der Waals surface area contributed by atoms with Gasteiger partial charge in [-0.2, -0.15) is 0 Å². The number of hydrogen-bond donors (Lipinski definition) is 3. The minimum absolute atomic E-state index is 0.164. The summed E-state index contributed by atoms with van der Waals surface area (Å²) in [7, 11) is 0. The van der Waals surface area contributed by atoms with E-state index < -0.39 is 12.0 Å². The van der Waals surface area contributed by atoms with Gasteiger partial charge in [0.1, 0.15) is 11.9 Å². The summed E-state index contributed by atoms with van der Waals surface area (Å²) in [6, 6.07) is 3.46. The molecule has 0 radical (unpaired) electrons. The van der Waals surface area contributed by atoms with E-state index in [2.05, 4.69) is 27.7 Å². The number of carbonyl (C=O) groups excluding carboxylic acids is 1. The van der Waals surface area contributed by atoms with Gasteiger partial charge in [0.2, 0.25) is 5.91 Å². The molecule has 174 valence electrons. The van der Waals surface area contributed by atoms with Crippen LogP contribution >= 0.6 is 0 Å². The molecule has 0 bridgehead atoms. The van der Waals surface area contributed by atoms with E-state index in [9.17, 15) is 14.7 Å². The number of carboxylic acid groups (broad SMARTS) is 1. The first-order chi connectivity index (χ1) is 14.8. The summed E-state index contributed by atoms with van der Waals surface area (Å²) in [5.41, 5.74) is 2.41. The topological polar surface area (TPSA) is 104 Å². The molecule has 1 aliphatic heterocycles. The molecular weight excluding hydrogens is 396 g/mol. The normalized spacial score (nSPS) is 14.2. The highest BCUT2D eigenvalue weighted by molar-refractivity contribution is 5.82. The van der Waals surface area contributed by atoms with Crippen molar-refractivity contribution in [3.63, 3.8) is 0 Å². The summed E-state index contributed by atoms with van der Waals surface area (Å²) < 4.78 is 5.67. The Labute approximate surface area is 185 Å². The second-order valence-corrected chi connectivity index (χ2v) is 8.44. The van der Waals surface area contributed by atoms with Crippen molar-refractivity contribution in [2.24, 2.45) is 0 Å². The van der Waals surface area contributed by atoms with Gasteiger partial charge in [-0.15, -0.1) is 0 Å². The molecule has 8 nitrogen and oxygen atoms in total. The third-order valence-corrected chi connectivity index (χ3v) is 5.38. The van der Waals surface area contributed by atoms with Gasteiger partial charge in [-0.25, -0.2) is 9.78 Å². The fourth-order valence-corrected chi connectivity index (χ4v) is 3.72. The second kappa shape index (κ2) is 13.3. The summed E-state index contributed by atoms with van der Waals surface area (Å²) in [6.07, 6.45) is 5.72. The molecule has 0 fully saturated rings. The van der Waals surface area contributed by atoms with Crippen LogP contribution in [0.15, 0.2) is 12.1 Å². The monoisotopic (exact) mass is 434 g/mol. The number of aromatic nitrogens is 1. The molecule has 0 aromatic carbocycles. The number of fused-ring (bicyclic) bond motifs is 1. The summed E-state index contributed by atoms with van der Waals surface area (Å²) in [5, 5.41) is 15.2. The third kappa shape index (κ3) is 9.65. The number of ether oxygens (including phenoxy) is 1. The van der Waals surface area contributed by atoms with E-state index in [1.807, 2.05) is 13.8 Å². The number of anilines is 1. The van der Waals surface area contributed by atoms with Gasteiger partial charge in [0, 0.05) is 32.3 Å². The zero-order chi connectivity index (χ0) is 22.6. The predicted molar refractivity (Wildman–Crippen MR) is 121 cm³/mol. The molecule has 31 heavy (non-hydrogen) atoms. The fraction of sp³-hybridized carbons (Fsp3) is 0.696. The Kier molecular flexibility index (Phi) is 10.7. The number of unbranched alkanes of at least 4 members (excludes halogenated alkanes) is 1. The highest BCUT2D eigenvalue weighted by Crippen LogP contribution is 2.20. The van der Waals surface area contributed by atoms with Crippen molar-refractivity contribution < 1.29 is 19.4 Å². The lowest BCUT2D eigenvalue weighted by Gasteiger charge is -2.24. The highest BCUT2D eigenvalue weighted by Gasteiger charge is 2.19. The van der Waals surface area contributed by atoms with Crippen LogP contribution in [-0.2, 0) is 27.2 Å². The van der Waals surface area contributed by atoms with E-state index in [0.717, 1.165) is 63.3 Å². The molecule has 2 rings (SSSR count). The summed E-state index contributed by atoms with van der Waals surface area (Å²) in [6.45, 7) is 9.14. The van der Waals surface area contributed by atoms with Gasteiger partial charge in [0.15, 0.2) is 0 Å². The van der Waals surface area contributed by atoms with Crippen LogP contribution in [-0.4, -0.2) is 71.8 Å². The van der Waals surface area contributed by atoms with Crippen LogP contribution in [0.3, 0.4) is 0 Å². The van der Waals surface area contributed by atoms with E-state index >= 15 is 0 Å². The number of aryl methyl sites for hydroxylation is 2. The third-order valence-electron chi connectivity index (χ3n) is 5.38. The van der Waals surface area contributed by atoms with Gasteiger partial charge in [-0.3, -0.25) is 4.79 Å². The molecule has 0 spiro atoms. The molecule has 1 amide bonds. The van der Waals surface area contributed by atoms with Crippen LogP contribution in [0.1, 0.15) is 57.7 Å². The molecule has 2 heterocycles. The van der Waals surface area contributed by atoms with Gasteiger partial charge in [-0.1, -0.05) is 6.07 Å². The van der Waals surface area contributed by atoms with Crippen LogP contribution in [0.5, 0.6) is 0 Å². The minimum Gasteiger partial charge on any atom is -0.480 e. The molecule has 1 unspecified atom stereocenters. The van der Waals surface area contributed by atoms with Gasteiger partial charge < -0.3 is 25.4 Å². The van der Waals surface area contributed by atoms with E-state index in [0.29, 0.717) is 19.6 Å². The first-order valence-electron chi connectivity index (χ1n) is 11.4. The number of rotatable bonds is 14. The number of carboxylic acids is 1. The Bertz CT molecular complexity index is 711. The number of aliphatic carboxylic acids is 1. The number of nitrogens with one attached hydrogen (secondary N) is 2. The Morgan fingerprint density at radius 1 is 1.26 bits per heavy atom. The van der Waals surface area contributed by atoms with Crippen molar-refractivity contribution in [1.82, 2.24) is 15.2 Å². The number of nitrogens with zero attached hydrogens (tertiary/aromatic N) is 2. The smallest absolute Gasteiger partial charge is 0.326 e.